The van der Waals surface area contributed by atoms with Crippen LogP contribution in [0.4, 0.5) is 13.3 Å². The van der Waals surface area contributed by atoms with Crippen LogP contribution in [0.5, 0.6) is 0 Å². The van der Waals surface area contributed by atoms with E-state index in [-0.39, 0.29) is 6.92 Å². The van der Waals surface area contributed by atoms with Crippen LogP contribution in [0.15, 0.2) is 0 Å². The molecule has 0 aliphatic carbocycles. The third-order valence-corrected chi connectivity index (χ3v) is 3.07. The molecule has 0 amide bonds. The van der Waals surface area contributed by atoms with Crippen LogP contribution in [-0.2, 0) is 14.5 Å². The molecule has 88 valence electrons. The van der Waals surface area contributed by atoms with Crippen LogP contribution in [0.25, 0.3) is 0 Å². The van der Waals surface area contributed by atoms with Gasteiger partial charge in [-0.05, 0) is 16.8 Å². The van der Waals surface area contributed by atoms with Gasteiger partial charge in [-0.1, -0.05) is 18.2 Å². The van der Waals surface area contributed by atoms with Crippen molar-refractivity contribution in [3.05, 3.63) is 0 Å². The van der Waals surface area contributed by atoms with E-state index >= 15 is 0 Å². The average molecular weight is 254 g/mol. The summed E-state index contributed by atoms with van der Waals surface area (Å²) in [6.07, 6.45) is 2.74. The quantitative estimate of drug-likeness (QED) is 0.724. The van der Waals surface area contributed by atoms with E-state index in [4.69, 9.17) is 0 Å². The molecule has 0 saturated carbocycles. The van der Waals surface area contributed by atoms with Gasteiger partial charge < -0.3 is 0 Å². The van der Waals surface area contributed by atoms with E-state index < -0.39 is 15.4 Å². The van der Waals surface area contributed by atoms with Gasteiger partial charge in [0.1, 0.15) is 0 Å². The second-order valence-electron chi connectivity index (χ2n) is 2.28. The summed E-state index contributed by atoms with van der Waals surface area (Å²) in [7, 11) is -4.14. The van der Waals surface area contributed by atoms with E-state index in [1.54, 1.807) is 0 Å². The highest BCUT2D eigenvalue weighted by Gasteiger charge is 2.41. The Hall–Kier alpha value is 0.130. The summed E-state index contributed by atoms with van der Waals surface area (Å²) < 4.78 is 55.2. The number of alkyl halides is 2. The minimum Gasteiger partial charge on any atom is -0.190 e. The third kappa shape index (κ3) is 7.53. The first-order chi connectivity index (χ1) is 6.22. The molecule has 0 heterocycles. The van der Waals surface area contributed by atoms with E-state index in [0.29, 0.717) is 0 Å². The summed E-state index contributed by atoms with van der Waals surface area (Å²) in [6.45, 7) is 4.46. The zero-order valence-corrected chi connectivity index (χ0v) is 10.00. The van der Waals surface area contributed by atoms with Crippen molar-refractivity contribution in [1.82, 2.24) is 0 Å². The molecule has 0 aliphatic heterocycles. The van der Waals surface area contributed by atoms with Gasteiger partial charge in [0.15, 0.2) is 0 Å². The maximum Gasteiger partial charge on any atom is 0.370 e. The molecule has 14 heavy (non-hydrogen) atoms. The number of halogens is 3. The van der Waals surface area contributed by atoms with E-state index in [1.807, 2.05) is 4.39 Å². The van der Waals surface area contributed by atoms with Crippen molar-refractivity contribution in [1.29, 1.82) is 0 Å². The van der Waals surface area contributed by atoms with Gasteiger partial charge in [-0.25, -0.2) is 0 Å². The van der Waals surface area contributed by atoms with Crippen molar-refractivity contribution in [2.75, 3.05) is 12.3 Å². The minimum absolute atomic E-state index is 0.0158. The lowest BCUT2D eigenvalue weighted by Gasteiger charge is -2.04. The SMILES string of the molecule is CC(F)(F)S(=O)(=O)OF.CCPCC. The van der Waals surface area contributed by atoms with E-state index in [2.05, 4.69) is 13.8 Å². The Morgan fingerprint density at radius 2 is 1.64 bits per heavy atom. The lowest BCUT2D eigenvalue weighted by Crippen LogP contribution is -2.24. The predicted octanol–water partition coefficient (Wildman–Crippen LogP) is 2.53. The first-order valence-corrected chi connectivity index (χ1v) is 6.68. The maximum absolute atomic E-state index is 11.5. The highest BCUT2D eigenvalue weighted by Crippen LogP contribution is 2.21. The molecular formula is C6H14F3O3PS. The summed E-state index contributed by atoms with van der Waals surface area (Å²) in [4.78, 5) is 0. The van der Waals surface area contributed by atoms with Crippen LogP contribution >= 0.6 is 8.58 Å². The molecular weight excluding hydrogens is 240 g/mol. The first-order valence-electron chi connectivity index (χ1n) is 3.86. The molecule has 0 spiro atoms. The van der Waals surface area contributed by atoms with E-state index in [0.717, 1.165) is 0 Å². The predicted molar refractivity (Wildman–Crippen MR) is 51.1 cm³/mol. The Morgan fingerprint density at radius 1 is 1.29 bits per heavy atom. The molecule has 0 rings (SSSR count). The van der Waals surface area contributed by atoms with Crippen molar-refractivity contribution < 1.29 is 26.1 Å². The lowest BCUT2D eigenvalue weighted by molar-refractivity contribution is -0.0231. The van der Waals surface area contributed by atoms with Gasteiger partial charge in [0.25, 0.3) is 0 Å². The van der Waals surface area contributed by atoms with Crippen molar-refractivity contribution in [2.45, 2.75) is 26.0 Å². The highest BCUT2D eigenvalue weighted by atomic mass is 32.2. The van der Waals surface area contributed by atoms with Gasteiger partial charge in [-0.2, -0.15) is 17.2 Å². The third-order valence-electron chi connectivity index (χ3n) is 1.02. The van der Waals surface area contributed by atoms with Crippen LogP contribution in [0.3, 0.4) is 0 Å². The van der Waals surface area contributed by atoms with Crippen LogP contribution in [0, 0.1) is 0 Å². The summed E-state index contributed by atoms with van der Waals surface area (Å²) in [5.41, 5.74) is 0. The second kappa shape index (κ2) is 7.43. The Bertz CT molecular complexity index is 223. The largest absolute Gasteiger partial charge is 0.370 e. The summed E-state index contributed by atoms with van der Waals surface area (Å²) in [5.74, 6) is 0. The molecule has 0 radical (unpaired) electrons. The minimum atomic E-state index is -5.34. The van der Waals surface area contributed by atoms with Crippen LogP contribution in [0.1, 0.15) is 20.8 Å². The van der Waals surface area contributed by atoms with Gasteiger partial charge in [-0.3, -0.25) is 0 Å². The van der Waals surface area contributed by atoms with Crippen molar-refractivity contribution in [3.63, 3.8) is 0 Å². The molecule has 3 nitrogen and oxygen atoms in total. The summed E-state index contributed by atoms with van der Waals surface area (Å²) in [6, 6.07) is 0. The Labute approximate surface area is 83.8 Å². The normalized spacial score (nSPS) is 11.9. The van der Waals surface area contributed by atoms with Gasteiger partial charge in [0, 0.05) is 6.92 Å². The average Bonchev–Trinajstić information content (AvgIpc) is 2.05. The van der Waals surface area contributed by atoms with E-state index in [1.165, 1.54) is 20.9 Å². The molecule has 8 heteroatoms. The van der Waals surface area contributed by atoms with Gasteiger partial charge in [0.05, 0.1) is 0 Å². The van der Waals surface area contributed by atoms with Crippen LogP contribution < -0.4 is 0 Å². The first kappa shape index (κ1) is 16.6. The molecule has 0 aromatic rings. The lowest BCUT2D eigenvalue weighted by atomic mass is 10.9. The van der Waals surface area contributed by atoms with Crippen LogP contribution in [-0.4, -0.2) is 26.0 Å². The number of rotatable bonds is 4. The molecule has 0 saturated heterocycles. The fourth-order valence-corrected chi connectivity index (χ4v) is 0.916. The van der Waals surface area contributed by atoms with Crippen LogP contribution in [0.2, 0.25) is 0 Å². The van der Waals surface area contributed by atoms with Crippen molar-refractivity contribution in [2.24, 2.45) is 0 Å². The van der Waals surface area contributed by atoms with Gasteiger partial charge >= 0.3 is 15.4 Å². The number of hydrogen-bond acceptors (Lipinski definition) is 3. The molecule has 0 N–H and O–H groups in total. The summed E-state index contributed by atoms with van der Waals surface area (Å²) >= 11 is 0. The fourth-order valence-electron chi connectivity index (χ4n) is 0.305. The number of hydrogen-bond donors (Lipinski definition) is 0. The standard InChI is InChI=1S/C4H11P.C2H3F3O3S/c1-3-5-4-2;1-2(3,4)9(6,7)8-5/h5H,3-4H2,1-2H3;1H3. The maximum atomic E-state index is 11.5. The smallest absolute Gasteiger partial charge is 0.190 e. The molecule has 0 bridgehead atoms. The Balaban J connectivity index is 0. The van der Waals surface area contributed by atoms with Crippen molar-refractivity contribution >= 4 is 18.7 Å². The topological polar surface area (TPSA) is 43.4 Å². The zero-order valence-electron chi connectivity index (χ0n) is 8.18. The molecule has 0 aliphatic rings. The molecule has 0 aromatic heterocycles. The fraction of sp³-hybridized carbons (Fsp3) is 1.00. The van der Waals surface area contributed by atoms with Gasteiger partial charge in [-0.15, -0.1) is 8.58 Å². The zero-order chi connectivity index (χ0) is 11.8. The Morgan fingerprint density at radius 3 is 1.64 bits per heavy atom. The molecule has 0 fully saturated rings. The second-order valence-corrected chi connectivity index (χ2v) is 5.95. The Kier molecular flexibility index (Phi) is 8.78. The monoisotopic (exact) mass is 254 g/mol. The summed E-state index contributed by atoms with van der Waals surface area (Å²) in [5, 5.41) is -4.18. The molecule has 0 aromatic carbocycles. The van der Waals surface area contributed by atoms with E-state index in [9.17, 15) is 21.7 Å². The van der Waals surface area contributed by atoms with Gasteiger partial charge in [0.2, 0.25) is 0 Å². The highest BCUT2D eigenvalue weighted by molar-refractivity contribution is 7.87. The molecule has 0 unspecified atom stereocenters. The molecule has 0 atom stereocenters. The van der Waals surface area contributed by atoms with Crippen molar-refractivity contribution in [3.8, 4) is 0 Å².